The van der Waals surface area contributed by atoms with Crippen molar-refractivity contribution in [2.75, 3.05) is 18.9 Å². The Labute approximate surface area is 179 Å². The fourth-order valence-electron chi connectivity index (χ4n) is 3.34. The summed E-state index contributed by atoms with van der Waals surface area (Å²) < 4.78 is 35.0. The molecule has 2 heterocycles. The van der Waals surface area contributed by atoms with E-state index in [2.05, 4.69) is 22.9 Å². The lowest BCUT2D eigenvalue weighted by Gasteiger charge is -2.23. The van der Waals surface area contributed by atoms with Crippen LogP contribution in [0.1, 0.15) is 29.6 Å². The SMILES string of the molecule is C=CNc1cccc(-c2cnc3cc(C(=O)C4CCC4)ccn23)c1.CNCC(F)(F)F. The molecule has 2 aromatic heterocycles. The standard InChI is InChI=1S/C20H19N3O.C3H6F3N/c1-2-21-17-8-4-7-15(11-17)18-13-22-19-12-16(9-10-23(18)19)20(24)14-5-3-6-14;1-7-2-3(4,5)6/h2,4,7-14,21H,1,3,5-6H2;7H,2H2,1H3. The van der Waals surface area contributed by atoms with E-state index in [-0.39, 0.29) is 11.7 Å². The highest BCUT2D eigenvalue weighted by Crippen LogP contribution is 2.30. The van der Waals surface area contributed by atoms with Gasteiger partial charge in [0.05, 0.1) is 18.4 Å². The zero-order chi connectivity index (χ0) is 22.4. The third-order valence-corrected chi connectivity index (χ3v) is 5.08. The number of nitrogens with one attached hydrogen (secondary N) is 2. The highest BCUT2D eigenvalue weighted by atomic mass is 19.4. The van der Waals surface area contributed by atoms with Gasteiger partial charge in [-0.1, -0.05) is 25.1 Å². The third-order valence-electron chi connectivity index (χ3n) is 5.08. The van der Waals surface area contributed by atoms with Crippen LogP contribution in [0.3, 0.4) is 0 Å². The molecular weight excluding hydrogens is 405 g/mol. The summed E-state index contributed by atoms with van der Waals surface area (Å²) in [5, 5.41) is 5.08. The van der Waals surface area contributed by atoms with Crippen LogP contribution in [0.15, 0.2) is 61.6 Å². The van der Waals surface area contributed by atoms with Crippen molar-refractivity contribution in [1.82, 2.24) is 14.7 Å². The Bertz CT molecular complexity index is 1050. The summed E-state index contributed by atoms with van der Waals surface area (Å²) in [5.41, 5.74) is 4.62. The number of ketones is 1. The van der Waals surface area contributed by atoms with E-state index in [0.717, 1.165) is 41.0 Å². The van der Waals surface area contributed by atoms with E-state index < -0.39 is 12.7 Å². The average Bonchev–Trinajstić information content (AvgIpc) is 3.10. The maximum absolute atomic E-state index is 12.4. The molecule has 0 saturated heterocycles. The Kier molecular flexibility index (Phi) is 7.12. The van der Waals surface area contributed by atoms with Crippen molar-refractivity contribution in [3.63, 3.8) is 0 Å². The summed E-state index contributed by atoms with van der Waals surface area (Å²) in [6.07, 6.45) is 4.60. The topological polar surface area (TPSA) is 58.4 Å². The number of carbonyl (C=O) groups excluding carboxylic acids is 1. The number of hydrogen-bond donors (Lipinski definition) is 2. The molecule has 0 radical (unpaired) electrons. The van der Waals surface area contributed by atoms with Gasteiger partial charge in [-0.2, -0.15) is 13.2 Å². The van der Waals surface area contributed by atoms with Crippen LogP contribution in [0, 0.1) is 5.92 Å². The number of halogens is 3. The number of hydrogen-bond acceptors (Lipinski definition) is 4. The summed E-state index contributed by atoms with van der Waals surface area (Å²) in [6.45, 7) is 2.78. The van der Waals surface area contributed by atoms with Crippen LogP contribution in [0.5, 0.6) is 0 Å². The van der Waals surface area contributed by atoms with Gasteiger partial charge in [0.15, 0.2) is 5.78 Å². The van der Waals surface area contributed by atoms with Crippen molar-refractivity contribution >= 4 is 17.1 Å². The van der Waals surface area contributed by atoms with E-state index in [4.69, 9.17) is 0 Å². The number of rotatable bonds is 6. The van der Waals surface area contributed by atoms with E-state index in [0.29, 0.717) is 0 Å². The lowest BCUT2D eigenvalue weighted by molar-refractivity contribution is -0.123. The van der Waals surface area contributed by atoms with Gasteiger partial charge >= 0.3 is 6.18 Å². The highest BCUT2D eigenvalue weighted by molar-refractivity contribution is 5.99. The molecule has 1 aliphatic carbocycles. The molecule has 2 N–H and O–H groups in total. The summed E-state index contributed by atoms with van der Waals surface area (Å²) in [7, 11) is 1.26. The summed E-state index contributed by atoms with van der Waals surface area (Å²) >= 11 is 0. The second-order valence-electron chi connectivity index (χ2n) is 7.35. The predicted octanol–water partition coefficient (Wildman–Crippen LogP) is 5.31. The van der Waals surface area contributed by atoms with Crippen molar-refractivity contribution in [2.24, 2.45) is 5.92 Å². The molecule has 0 atom stereocenters. The molecule has 1 fully saturated rings. The van der Waals surface area contributed by atoms with E-state index in [1.54, 1.807) is 6.20 Å². The molecule has 0 amide bonds. The monoisotopic (exact) mass is 430 g/mol. The van der Waals surface area contributed by atoms with Gasteiger partial charge in [0, 0.05) is 28.9 Å². The van der Waals surface area contributed by atoms with Crippen LogP contribution in [0.4, 0.5) is 18.9 Å². The van der Waals surface area contributed by atoms with Crippen LogP contribution in [0.2, 0.25) is 0 Å². The summed E-state index contributed by atoms with van der Waals surface area (Å²) in [4.78, 5) is 16.9. The molecular formula is C23H25F3N4O. The first-order valence-electron chi connectivity index (χ1n) is 10.0. The normalized spacial score (nSPS) is 13.8. The third kappa shape index (κ3) is 5.73. The number of nitrogens with zero attached hydrogens (tertiary/aromatic N) is 2. The number of anilines is 1. The number of carbonyl (C=O) groups is 1. The number of aromatic nitrogens is 2. The molecule has 8 heteroatoms. The smallest absolute Gasteiger partial charge is 0.362 e. The zero-order valence-electron chi connectivity index (χ0n) is 17.2. The first kappa shape index (κ1) is 22.6. The molecule has 0 aliphatic heterocycles. The van der Waals surface area contributed by atoms with Crippen molar-refractivity contribution in [2.45, 2.75) is 25.4 Å². The van der Waals surface area contributed by atoms with Crippen LogP contribution in [-0.4, -0.2) is 34.9 Å². The second-order valence-corrected chi connectivity index (χ2v) is 7.35. The van der Waals surface area contributed by atoms with Gasteiger partial charge in [0.2, 0.25) is 0 Å². The number of alkyl halides is 3. The largest absolute Gasteiger partial charge is 0.401 e. The van der Waals surface area contributed by atoms with Crippen LogP contribution >= 0.6 is 0 Å². The van der Waals surface area contributed by atoms with Crippen LogP contribution in [-0.2, 0) is 0 Å². The highest BCUT2D eigenvalue weighted by Gasteiger charge is 2.26. The zero-order valence-corrected chi connectivity index (χ0v) is 17.2. The van der Waals surface area contributed by atoms with Gasteiger partial charge in [0.25, 0.3) is 0 Å². The molecule has 0 bridgehead atoms. The number of imidazole rings is 1. The van der Waals surface area contributed by atoms with Gasteiger partial charge in [-0.05, 0) is 50.4 Å². The molecule has 164 valence electrons. The molecule has 3 aromatic rings. The maximum atomic E-state index is 12.4. The van der Waals surface area contributed by atoms with Gasteiger partial charge in [0.1, 0.15) is 5.65 Å². The Morgan fingerprint density at radius 3 is 2.65 bits per heavy atom. The Morgan fingerprint density at radius 1 is 1.29 bits per heavy atom. The van der Waals surface area contributed by atoms with E-state index in [1.165, 1.54) is 13.5 Å². The van der Waals surface area contributed by atoms with Crippen molar-refractivity contribution in [3.05, 3.63) is 67.1 Å². The fraction of sp³-hybridized carbons (Fsp3) is 0.304. The lowest BCUT2D eigenvalue weighted by Crippen LogP contribution is -2.25. The molecule has 31 heavy (non-hydrogen) atoms. The number of fused-ring (bicyclic) bond motifs is 1. The predicted molar refractivity (Wildman–Crippen MR) is 116 cm³/mol. The number of pyridine rings is 1. The average molecular weight is 430 g/mol. The Balaban J connectivity index is 0.000000339. The first-order chi connectivity index (χ1) is 14.8. The molecule has 0 spiro atoms. The van der Waals surface area contributed by atoms with Gasteiger partial charge in [-0.25, -0.2) is 4.98 Å². The minimum atomic E-state index is -4.06. The van der Waals surface area contributed by atoms with Crippen molar-refractivity contribution in [1.29, 1.82) is 0 Å². The number of benzene rings is 1. The quantitative estimate of drug-likeness (QED) is 0.521. The molecule has 4 rings (SSSR count). The first-order valence-corrected chi connectivity index (χ1v) is 10.0. The van der Waals surface area contributed by atoms with Crippen molar-refractivity contribution in [3.8, 4) is 11.3 Å². The minimum absolute atomic E-state index is 0.212. The second kappa shape index (κ2) is 9.78. The molecule has 1 saturated carbocycles. The lowest BCUT2D eigenvalue weighted by atomic mass is 9.80. The van der Waals surface area contributed by atoms with Gasteiger partial charge in [-0.15, -0.1) is 0 Å². The fourth-order valence-corrected chi connectivity index (χ4v) is 3.34. The summed E-state index contributed by atoms with van der Waals surface area (Å²) in [6, 6.07) is 11.9. The van der Waals surface area contributed by atoms with Gasteiger partial charge < -0.3 is 10.6 Å². The van der Waals surface area contributed by atoms with Gasteiger partial charge in [-0.3, -0.25) is 9.20 Å². The summed E-state index contributed by atoms with van der Waals surface area (Å²) in [5.74, 6) is 0.467. The van der Waals surface area contributed by atoms with Crippen molar-refractivity contribution < 1.29 is 18.0 Å². The minimum Gasteiger partial charge on any atom is -0.362 e. The molecule has 1 aliphatic rings. The van der Waals surface area contributed by atoms with Crippen LogP contribution in [0.25, 0.3) is 16.9 Å². The Morgan fingerprint density at radius 2 is 2.06 bits per heavy atom. The molecule has 1 aromatic carbocycles. The molecule has 5 nitrogen and oxygen atoms in total. The van der Waals surface area contributed by atoms with E-state index in [1.807, 2.05) is 52.4 Å². The molecule has 0 unspecified atom stereocenters. The maximum Gasteiger partial charge on any atom is 0.401 e. The number of Topliss-reactive ketones (excluding diaryl/α,β-unsaturated/α-hetero) is 1. The van der Waals surface area contributed by atoms with E-state index >= 15 is 0 Å². The van der Waals surface area contributed by atoms with Crippen LogP contribution < -0.4 is 10.6 Å². The van der Waals surface area contributed by atoms with E-state index in [9.17, 15) is 18.0 Å². The Hall–Kier alpha value is -3.13.